The van der Waals surface area contributed by atoms with Gasteiger partial charge in [0.15, 0.2) is 0 Å². The monoisotopic (exact) mass is 437 g/mol. The maximum absolute atomic E-state index is 3.35. The highest BCUT2D eigenvalue weighted by Crippen LogP contribution is 2.14. The van der Waals surface area contributed by atoms with Gasteiger partial charge in [-0.15, -0.1) is 0 Å². The Morgan fingerprint density at radius 3 is 1.03 bits per heavy atom. The summed E-state index contributed by atoms with van der Waals surface area (Å²) in [5, 5.41) is 10.0. The van der Waals surface area contributed by atoms with Crippen molar-refractivity contribution in [1.29, 1.82) is 0 Å². The molecular formula is C26H68N4. The van der Waals surface area contributed by atoms with Crippen molar-refractivity contribution >= 4 is 0 Å². The zero-order valence-corrected chi connectivity index (χ0v) is 16.7. The van der Waals surface area contributed by atoms with E-state index < -0.39 is 0 Å². The average Bonchev–Trinajstić information content (AvgIpc) is 2.71. The predicted molar refractivity (Wildman–Crippen MR) is 147 cm³/mol. The Hall–Kier alpha value is -0.160. The van der Waals surface area contributed by atoms with Gasteiger partial charge in [0.25, 0.3) is 0 Å². The molecule has 192 valence electrons. The maximum Gasteiger partial charge on any atom is 0.0107 e. The Kier molecular flexibility index (Phi) is 45.2. The van der Waals surface area contributed by atoms with Crippen molar-refractivity contribution < 1.29 is 0 Å². The van der Waals surface area contributed by atoms with Gasteiger partial charge in [-0.1, -0.05) is 78.2 Å². The molecule has 3 aliphatic heterocycles. The summed E-state index contributed by atoms with van der Waals surface area (Å²) in [7, 11) is 0. The average molecular weight is 437 g/mol. The molecule has 0 spiro atoms. The molecule has 0 unspecified atom stereocenters. The van der Waals surface area contributed by atoms with E-state index in [9.17, 15) is 0 Å². The lowest BCUT2D eigenvalue weighted by atomic mass is 9.96. The molecule has 3 heterocycles. The van der Waals surface area contributed by atoms with Gasteiger partial charge in [-0.3, -0.25) is 0 Å². The van der Waals surface area contributed by atoms with E-state index in [1.54, 1.807) is 0 Å². The molecule has 0 bridgehead atoms. The number of rotatable bonds is 3. The summed E-state index contributed by atoms with van der Waals surface area (Å²) in [6.07, 6.45) is 8.35. The van der Waals surface area contributed by atoms with Crippen LogP contribution in [0.3, 0.4) is 0 Å². The minimum Gasteiger partial charge on any atom is -0.317 e. The van der Waals surface area contributed by atoms with Crippen LogP contribution in [0.2, 0.25) is 0 Å². The van der Waals surface area contributed by atoms with Gasteiger partial charge >= 0.3 is 0 Å². The largest absolute Gasteiger partial charge is 0.317 e. The summed E-state index contributed by atoms with van der Waals surface area (Å²) in [6, 6.07) is 0. The Morgan fingerprint density at radius 1 is 0.533 bits per heavy atom. The van der Waals surface area contributed by atoms with E-state index in [1.165, 1.54) is 97.4 Å². The quantitative estimate of drug-likeness (QED) is 0.471. The third-order valence-corrected chi connectivity index (χ3v) is 5.73. The molecule has 3 saturated heterocycles. The predicted octanol–water partition coefficient (Wildman–Crippen LogP) is 6.52. The van der Waals surface area contributed by atoms with E-state index in [0.717, 1.165) is 11.8 Å². The first-order valence-corrected chi connectivity index (χ1v) is 10.6. The standard InChI is InChI=1S/2C7H15N.C6H14N2.6CH4/c2*1-2-7-3-5-8-6-4-7;1-2-8-5-3-7-4-6-8;;;;;;/h2*7-8H,2-6H2,1H3;7H,2-6H2,1H3;6*1H4. The number of nitrogens with zero attached hydrogens (tertiary/aromatic N) is 1. The summed E-state index contributed by atoms with van der Waals surface area (Å²) >= 11 is 0. The van der Waals surface area contributed by atoms with Gasteiger partial charge in [-0.2, -0.15) is 0 Å². The smallest absolute Gasteiger partial charge is 0.0107 e. The van der Waals surface area contributed by atoms with E-state index >= 15 is 0 Å². The van der Waals surface area contributed by atoms with Crippen LogP contribution in [0.1, 0.15) is 104 Å². The van der Waals surface area contributed by atoms with Crippen LogP contribution in [0.25, 0.3) is 0 Å². The molecule has 3 N–H and O–H groups in total. The number of hydrogen-bond donors (Lipinski definition) is 3. The second kappa shape index (κ2) is 31.0. The Balaban J connectivity index is -0.0000000655. The fraction of sp³-hybridized carbons (Fsp3) is 1.00. The molecule has 30 heavy (non-hydrogen) atoms. The van der Waals surface area contributed by atoms with Crippen LogP contribution >= 0.6 is 0 Å². The van der Waals surface area contributed by atoms with Crippen LogP contribution in [0.5, 0.6) is 0 Å². The van der Waals surface area contributed by atoms with Gasteiger partial charge in [0.2, 0.25) is 0 Å². The molecule has 3 fully saturated rings. The van der Waals surface area contributed by atoms with E-state index in [2.05, 4.69) is 41.6 Å². The van der Waals surface area contributed by atoms with E-state index in [-0.39, 0.29) is 44.6 Å². The summed E-state index contributed by atoms with van der Waals surface area (Å²) in [4.78, 5) is 2.45. The lowest BCUT2D eigenvalue weighted by molar-refractivity contribution is 0.253. The van der Waals surface area contributed by atoms with Crippen molar-refractivity contribution in [1.82, 2.24) is 20.9 Å². The fourth-order valence-corrected chi connectivity index (χ4v) is 3.61. The van der Waals surface area contributed by atoms with E-state index in [4.69, 9.17) is 0 Å². The summed E-state index contributed by atoms with van der Waals surface area (Å²) in [5.74, 6) is 2.05. The minimum atomic E-state index is 0. The number of nitrogens with one attached hydrogen (secondary N) is 3. The highest BCUT2D eigenvalue weighted by molar-refractivity contribution is 4.67. The van der Waals surface area contributed by atoms with Gasteiger partial charge in [-0.25, -0.2) is 0 Å². The molecule has 0 aromatic carbocycles. The van der Waals surface area contributed by atoms with Gasteiger partial charge in [-0.05, 0) is 70.2 Å². The molecule has 0 atom stereocenters. The van der Waals surface area contributed by atoms with Crippen LogP contribution in [0, 0.1) is 11.8 Å². The molecule has 3 rings (SSSR count). The van der Waals surface area contributed by atoms with Crippen molar-refractivity contribution in [2.24, 2.45) is 11.8 Å². The molecule has 3 aliphatic rings. The van der Waals surface area contributed by atoms with Crippen LogP contribution in [0.4, 0.5) is 0 Å². The first-order chi connectivity index (χ1) is 11.8. The lowest BCUT2D eigenvalue weighted by Gasteiger charge is -2.25. The molecule has 0 aromatic rings. The van der Waals surface area contributed by atoms with Gasteiger partial charge < -0.3 is 20.9 Å². The summed E-state index contributed by atoms with van der Waals surface area (Å²) < 4.78 is 0. The highest BCUT2D eigenvalue weighted by Gasteiger charge is 2.09. The molecule has 0 saturated carbocycles. The normalized spacial score (nSPS) is 18.9. The SMILES string of the molecule is C.C.C.C.C.C.CCC1CCNCC1.CCC1CCNCC1.CCN1CCNCC1. The Labute approximate surface area is 195 Å². The molecule has 0 amide bonds. The van der Waals surface area contributed by atoms with Crippen molar-refractivity contribution in [2.75, 3.05) is 58.9 Å². The zero-order chi connectivity index (χ0) is 17.5. The van der Waals surface area contributed by atoms with Crippen LogP contribution in [-0.2, 0) is 0 Å². The zero-order valence-electron chi connectivity index (χ0n) is 16.7. The molecule has 0 aromatic heterocycles. The molecule has 0 aliphatic carbocycles. The highest BCUT2D eigenvalue weighted by atomic mass is 15.2. The van der Waals surface area contributed by atoms with Crippen LogP contribution in [-0.4, -0.2) is 63.8 Å². The van der Waals surface area contributed by atoms with Gasteiger partial charge in [0.05, 0.1) is 0 Å². The maximum atomic E-state index is 3.35. The number of piperidine rings is 2. The van der Waals surface area contributed by atoms with E-state index in [1.807, 2.05) is 0 Å². The minimum absolute atomic E-state index is 0. The Bertz CT molecular complexity index is 213. The summed E-state index contributed by atoms with van der Waals surface area (Å²) in [6.45, 7) is 17.8. The Morgan fingerprint density at radius 2 is 0.833 bits per heavy atom. The topological polar surface area (TPSA) is 39.3 Å². The van der Waals surface area contributed by atoms with Gasteiger partial charge in [0, 0.05) is 26.2 Å². The van der Waals surface area contributed by atoms with E-state index in [0.29, 0.717) is 0 Å². The fourth-order valence-electron chi connectivity index (χ4n) is 3.61. The first-order valence-electron chi connectivity index (χ1n) is 10.6. The second-order valence-corrected chi connectivity index (χ2v) is 7.39. The molecule has 4 nitrogen and oxygen atoms in total. The number of hydrogen-bond acceptors (Lipinski definition) is 4. The van der Waals surface area contributed by atoms with Crippen molar-refractivity contribution in [2.45, 2.75) is 104 Å². The van der Waals surface area contributed by atoms with Crippen LogP contribution in [0.15, 0.2) is 0 Å². The van der Waals surface area contributed by atoms with Crippen molar-refractivity contribution in [3.8, 4) is 0 Å². The van der Waals surface area contributed by atoms with Crippen molar-refractivity contribution in [3.63, 3.8) is 0 Å². The third kappa shape index (κ3) is 22.5. The second-order valence-electron chi connectivity index (χ2n) is 7.39. The molecule has 4 heteroatoms. The number of piperazine rings is 1. The third-order valence-electron chi connectivity index (χ3n) is 5.73. The number of likely N-dealkylation sites (N-methyl/N-ethyl adjacent to an activating group) is 1. The first kappa shape index (κ1) is 43.7. The van der Waals surface area contributed by atoms with Gasteiger partial charge in [0.1, 0.15) is 0 Å². The summed E-state index contributed by atoms with van der Waals surface area (Å²) in [5.41, 5.74) is 0. The lowest BCUT2D eigenvalue weighted by Crippen LogP contribution is -2.43. The molecular weight excluding hydrogens is 368 g/mol. The van der Waals surface area contributed by atoms with Crippen molar-refractivity contribution in [3.05, 3.63) is 0 Å². The molecule has 0 radical (unpaired) electrons. The van der Waals surface area contributed by atoms with Crippen LogP contribution < -0.4 is 16.0 Å².